The van der Waals surface area contributed by atoms with Crippen LogP contribution in [0.25, 0.3) is 0 Å². The van der Waals surface area contributed by atoms with Gasteiger partial charge in [0.05, 0.1) is 0 Å². The molecule has 0 aliphatic rings. The SMILES string of the molecule is CCCCCCCCCCCC[O][Sn][O]CCCCCCCCCCCC. The second kappa shape index (κ2) is 26.7. The van der Waals surface area contributed by atoms with Crippen LogP contribution in [0.1, 0.15) is 142 Å². The molecule has 3 heteroatoms. The fraction of sp³-hybridized carbons (Fsp3) is 1.00. The molecular weight excluding hydrogens is 439 g/mol. The number of hydrogen-bond acceptors (Lipinski definition) is 2. The van der Waals surface area contributed by atoms with Crippen molar-refractivity contribution in [2.24, 2.45) is 0 Å². The average molecular weight is 489 g/mol. The Bertz CT molecular complexity index is 225. The topological polar surface area (TPSA) is 18.5 Å². The molecule has 0 rings (SSSR count). The summed E-state index contributed by atoms with van der Waals surface area (Å²) in [5.74, 6) is 0. The zero-order chi connectivity index (χ0) is 19.7. The standard InChI is InChI=1S/2C12H25O.Sn/c2*1-2-3-4-5-6-7-8-9-10-11-12-13;/h2*2-12H2,1H3;/q2*-1;+2. The molecule has 0 N–H and O–H groups in total. The predicted octanol–water partition coefficient (Wildman–Crippen LogP) is 8.40. The Morgan fingerprint density at radius 2 is 0.630 bits per heavy atom. The van der Waals surface area contributed by atoms with Crippen molar-refractivity contribution in [1.29, 1.82) is 0 Å². The van der Waals surface area contributed by atoms with Crippen molar-refractivity contribution >= 4 is 22.0 Å². The van der Waals surface area contributed by atoms with E-state index < -0.39 is 22.0 Å². The van der Waals surface area contributed by atoms with Crippen LogP contribution in [0, 0.1) is 0 Å². The van der Waals surface area contributed by atoms with E-state index in [1.165, 1.54) is 128 Å². The molecule has 0 amide bonds. The minimum absolute atomic E-state index is 0.945. The van der Waals surface area contributed by atoms with Gasteiger partial charge in [0, 0.05) is 0 Å². The van der Waals surface area contributed by atoms with Gasteiger partial charge in [0.1, 0.15) is 0 Å². The summed E-state index contributed by atoms with van der Waals surface area (Å²) in [7, 11) is 0. The van der Waals surface area contributed by atoms with Gasteiger partial charge in [-0.1, -0.05) is 13.8 Å². The average Bonchev–Trinajstić information content (AvgIpc) is 2.68. The van der Waals surface area contributed by atoms with Gasteiger partial charge in [-0.25, -0.2) is 0 Å². The van der Waals surface area contributed by atoms with Gasteiger partial charge in [0.15, 0.2) is 0 Å². The van der Waals surface area contributed by atoms with Gasteiger partial charge >= 0.3 is 170 Å². The molecule has 0 unspecified atom stereocenters. The fourth-order valence-corrected chi connectivity index (χ4v) is 4.99. The maximum atomic E-state index is 5.75. The number of unbranched alkanes of at least 4 members (excludes halogenated alkanes) is 18. The van der Waals surface area contributed by atoms with E-state index in [1.54, 1.807) is 0 Å². The first kappa shape index (κ1) is 27.7. The third-order valence-corrected chi connectivity index (χ3v) is 7.16. The molecular formula is C24H50O2Sn. The molecule has 0 heterocycles. The van der Waals surface area contributed by atoms with E-state index in [4.69, 9.17) is 6.15 Å². The summed E-state index contributed by atoms with van der Waals surface area (Å²) in [6, 6.07) is 0. The smallest absolute Gasteiger partial charge is 0.0654 e. The summed E-state index contributed by atoms with van der Waals surface area (Å²) >= 11 is -0.968. The Balaban J connectivity index is 2.95. The van der Waals surface area contributed by atoms with E-state index >= 15 is 0 Å². The molecule has 27 heavy (non-hydrogen) atoms. The molecule has 2 nitrogen and oxygen atoms in total. The van der Waals surface area contributed by atoms with Gasteiger partial charge in [0.25, 0.3) is 0 Å². The summed E-state index contributed by atoms with van der Waals surface area (Å²) in [5, 5.41) is 0. The molecule has 0 aromatic heterocycles. The summed E-state index contributed by atoms with van der Waals surface area (Å²) in [6.07, 6.45) is 27.8. The monoisotopic (exact) mass is 490 g/mol. The molecule has 0 aliphatic carbocycles. The summed E-state index contributed by atoms with van der Waals surface area (Å²) in [6.45, 7) is 6.46. The summed E-state index contributed by atoms with van der Waals surface area (Å²) < 4.78 is 11.5. The van der Waals surface area contributed by atoms with Crippen LogP contribution in [-0.2, 0) is 6.15 Å². The van der Waals surface area contributed by atoms with Crippen LogP contribution in [0.2, 0.25) is 0 Å². The summed E-state index contributed by atoms with van der Waals surface area (Å²) in [4.78, 5) is 0. The van der Waals surface area contributed by atoms with Crippen LogP contribution in [0.5, 0.6) is 0 Å². The maximum absolute atomic E-state index is 5.75. The Hall–Kier alpha value is 0.719. The zero-order valence-corrected chi connectivity index (χ0v) is 21.7. The molecule has 0 saturated heterocycles. The van der Waals surface area contributed by atoms with Crippen LogP contribution < -0.4 is 0 Å². The molecule has 162 valence electrons. The van der Waals surface area contributed by atoms with Gasteiger partial charge in [-0.2, -0.15) is 0 Å². The molecule has 2 radical (unpaired) electrons. The van der Waals surface area contributed by atoms with Gasteiger partial charge in [-0.3, -0.25) is 0 Å². The Kier molecular flexibility index (Phi) is 27.4. The van der Waals surface area contributed by atoms with Gasteiger partial charge in [-0.05, 0) is 0 Å². The van der Waals surface area contributed by atoms with Gasteiger partial charge < -0.3 is 0 Å². The summed E-state index contributed by atoms with van der Waals surface area (Å²) in [5.41, 5.74) is 0. The van der Waals surface area contributed by atoms with E-state index in [0.29, 0.717) is 0 Å². The fourth-order valence-electron chi connectivity index (χ4n) is 3.45. The van der Waals surface area contributed by atoms with E-state index in [0.717, 1.165) is 13.2 Å². The van der Waals surface area contributed by atoms with Crippen LogP contribution in [0.3, 0.4) is 0 Å². The van der Waals surface area contributed by atoms with Crippen molar-refractivity contribution in [3.05, 3.63) is 0 Å². The van der Waals surface area contributed by atoms with Gasteiger partial charge in [0.2, 0.25) is 0 Å². The molecule has 0 aromatic carbocycles. The van der Waals surface area contributed by atoms with Crippen molar-refractivity contribution < 1.29 is 6.15 Å². The van der Waals surface area contributed by atoms with Crippen LogP contribution in [0.15, 0.2) is 0 Å². The third kappa shape index (κ3) is 26.7. The Morgan fingerprint density at radius 1 is 0.370 bits per heavy atom. The molecule has 0 bridgehead atoms. The number of rotatable bonds is 24. The minimum atomic E-state index is -0.968. The van der Waals surface area contributed by atoms with E-state index in [-0.39, 0.29) is 0 Å². The quantitative estimate of drug-likeness (QED) is 0.100. The first-order chi connectivity index (χ1) is 13.4. The second-order valence-corrected chi connectivity index (χ2v) is 10.3. The van der Waals surface area contributed by atoms with Crippen molar-refractivity contribution in [3.8, 4) is 0 Å². The minimum Gasteiger partial charge on any atom is -0.0654 e. The molecule has 0 aliphatic heterocycles. The molecule has 0 atom stereocenters. The second-order valence-electron chi connectivity index (χ2n) is 8.14. The first-order valence-corrected chi connectivity index (χ1v) is 14.7. The third-order valence-electron chi connectivity index (χ3n) is 5.32. The van der Waals surface area contributed by atoms with E-state index in [1.807, 2.05) is 0 Å². The molecule has 0 aromatic rings. The first-order valence-electron chi connectivity index (χ1n) is 12.4. The molecule has 0 fully saturated rings. The van der Waals surface area contributed by atoms with Crippen molar-refractivity contribution in [2.75, 3.05) is 13.2 Å². The molecule has 0 saturated carbocycles. The Labute approximate surface area is 183 Å². The van der Waals surface area contributed by atoms with Crippen molar-refractivity contribution in [1.82, 2.24) is 0 Å². The Morgan fingerprint density at radius 3 is 0.926 bits per heavy atom. The van der Waals surface area contributed by atoms with Crippen molar-refractivity contribution in [2.45, 2.75) is 142 Å². The molecule has 0 spiro atoms. The number of hydrogen-bond donors (Lipinski definition) is 0. The van der Waals surface area contributed by atoms with Gasteiger partial charge in [-0.15, -0.1) is 0 Å². The van der Waals surface area contributed by atoms with Crippen molar-refractivity contribution in [3.63, 3.8) is 0 Å². The normalized spacial score (nSPS) is 11.3. The van der Waals surface area contributed by atoms with E-state index in [2.05, 4.69) is 13.8 Å². The zero-order valence-electron chi connectivity index (χ0n) is 18.9. The van der Waals surface area contributed by atoms with E-state index in [9.17, 15) is 0 Å². The predicted molar refractivity (Wildman–Crippen MR) is 121 cm³/mol. The van der Waals surface area contributed by atoms with Crippen LogP contribution in [0.4, 0.5) is 0 Å². The van der Waals surface area contributed by atoms with Crippen LogP contribution in [-0.4, -0.2) is 35.2 Å². The van der Waals surface area contributed by atoms with Crippen LogP contribution >= 0.6 is 0 Å².